The van der Waals surface area contributed by atoms with Crippen LogP contribution >= 0.6 is 11.6 Å². The monoisotopic (exact) mass is 288 g/mol. The standard InChI is InChI=1S/C17H21ClN2/c1-11-5-3-4-6-15(11)20-16-9-10-19-17-12(2)14(18)8-7-13(16)17/h7-11,15H,3-6H2,1-2H3,(H,19,20)/t11-,15+/m0/s1. The summed E-state index contributed by atoms with van der Waals surface area (Å²) in [4.78, 5) is 4.49. The molecule has 2 atom stereocenters. The first kappa shape index (κ1) is 13.7. The largest absolute Gasteiger partial charge is 0.381 e. The van der Waals surface area contributed by atoms with Gasteiger partial charge in [0, 0.05) is 28.3 Å². The average Bonchev–Trinajstić information content (AvgIpc) is 2.46. The van der Waals surface area contributed by atoms with Crippen LogP contribution in [-0.4, -0.2) is 11.0 Å². The summed E-state index contributed by atoms with van der Waals surface area (Å²) in [5.74, 6) is 0.736. The molecule has 1 aromatic carbocycles. The smallest absolute Gasteiger partial charge is 0.0766 e. The normalized spacial score (nSPS) is 22.9. The third-order valence-electron chi connectivity index (χ3n) is 4.55. The number of aromatic nitrogens is 1. The van der Waals surface area contributed by atoms with E-state index in [2.05, 4.69) is 29.4 Å². The lowest BCUT2D eigenvalue weighted by Gasteiger charge is -2.30. The molecule has 106 valence electrons. The number of nitrogens with zero attached hydrogens (tertiary/aromatic N) is 1. The number of pyridine rings is 1. The van der Waals surface area contributed by atoms with Gasteiger partial charge in [0.2, 0.25) is 0 Å². The zero-order valence-electron chi connectivity index (χ0n) is 12.1. The first-order chi connectivity index (χ1) is 9.66. The predicted molar refractivity (Wildman–Crippen MR) is 86.5 cm³/mol. The maximum atomic E-state index is 6.19. The van der Waals surface area contributed by atoms with E-state index in [0.717, 1.165) is 22.0 Å². The molecule has 0 bridgehead atoms. The minimum Gasteiger partial charge on any atom is -0.381 e. The molecule has 0 radical (unpaired) electrons. The van der Waals surface area contributed by atoms with Gasteiger partial charge in [-0.3, -0.25) is 4.98 Å². The summed E-state index contributed by atoms with van der Waals surface area (Å²) >= 11 is 6.19. The van der Waals surface area contributed by atoms with Crippen LogP contribution in [0.3, 0.4) is 0 Å². The molecule has 2 nitrogen and oxygen atoms in total. The van der Waals surface area contributed by atoms with Crippen molar-refractivity contribution in [2.75, 3.05) is 5.32 Å². The van der Waals surface area contributed by atoms with Gasteiger partial charge in [0.1, 0.15) is 0 Å². The quantitative estimate of drug-likeness (QED) is 0.823. The van der Waals surface area contributed by atoms with Gasteiger partial charge in [0.05, 0.1) is 5.52 Å². The van der Waals surface area contributed by atoms with Crippen LogP contribution in [0.1, 0.15) is 38.2 Å². The van der Waals surface area contributed by atoms with Gasteiger partial charge in [-0.2, -0.15) is 0 Å². The van der Waals surface area contributed by atoms with Crippen LogP contribution < -0.4 is 5.32 Å². The molecular weight excluding hydrogens is 268 g/mol. The van der Waals surface area contributed by atoms with Crippen molar-refractivity contribution in [1.29, 1.82) is 0 Å². The van der Waals surface area contributed by atoms with E-state index in [0.29, 0.717) is 6.04 Å². The second-order valence-corrected chi connectivity index (χ2v) is 6.35. The molecule has 1 aromatic heterocycles. The predicted octanol–water partition coefficient (Wildman–Crippen LogP) is 5.19. The van der Waals surface area contributed by atoms with Crippen LogP contribution in [0.2, 0.25) is 5.02 Å². The molecule has 0 amide bonds. The zero-order valence-corrected chi connectivity index (χ0v) is 12.9. The van der Waals surface area contributed by atoms with Gasteiger partial charge in [0.15, 0.2) is 0 Å². The van der Waals surface area contributed by atoms with Crippen LogP contribution in [0, 0.1) is 12.8 Å². The zero-order chi connectivity index (χ0) is 14.1. The number of halogens is 1. The summed E-state index contributed by atoms with van der Waals surface area (Å²) < 4.78 is 0. The van der Waals surface area contributed by atoms with E-state index in [9.17, 15) is 0 Å². The van der Waals surface area contributed by atoms with Crippen molar-refractivity contribution in [3.8, 4) is 0 Å². The summed E-state index contributed by atoms with van der Waals surface area (Å²) in [7, 11) is 0. The minimum absolute atomic E-state index is 0.574. The first-order valence-corrected chi connectivity index (χ1v) is 7.85. The van der Waals surface area contributed by atoms with Crippen molar-refractivity contribution in [3.63, 3.8) is 0 Å². The van der Waals surface area contributed by atoms with Crippen LogP contribution in [-0.2, 0) is 0 Å². The van der Waals surface area contributed by atoms with Crippen molar-refractivity contribution < 1.29 is 0 Å². The third kappa shape index (κ3) is 2.49. The molecule has 1 aliphatic rings. The van der Waals surface area contributed by atoms with Crippen LogP contribution in [0.5, 0.6) is 0 Å². The van der Waals surface area contributed by atoms with E-state index in [1.54, 1.807) is 0 Å². The molecule has 1 saturated carbocycles. The summed E-state index contributed by atoms with van der Waals surface area (Å²) in [5.41, 5.74) is 3.25. The fraction of sp³-hybridized carbons (Fsp3) is 0.471. The van der Waals surface area contributed by atoms with Crippen molar-refractivity contribution in [1.82, 2.24) is 4.98 Å². The third-order valence-corrected chi connectivity index (χ3v) is 4.96. The number of hydrogen-bond acceptors (Lipinski definition) is 2. The number of nitrogens with one attached hydrogen (secondary N) is 1. The lowest BCUT2D eigenvalue weighted by Crippen LogP contribution is -2.30. The molecule has 1 fully saturated rings. The van der Waals surface area contributed by atoms with E-state index < -0.39 is 0 Å². The Morgan fingerprint density at radius 3 is 2.80 bits per heavy atom. The average molecular weight is 289 g/mol. The fourth-order valence-corrected chi connectivity index (χ4v) is 3.34. The Bertz CT molecular complexity index is 624. The molecule has 0 aliphatic heterocycles. The van der Waals surface area contributed by atoms with Crippen LogP contribution in [0.15, 0.2) is 24.4 Å². The molecule has 1 N–H and O–H groups in total. The lowest BCUT2D eigenvalue weighted by atomic mass is 9.85. The molecular formula is C17H21ClN2. The van der Waals surface area contributed by atoms with E-state index in [1.165, 1.54) is 36.8 Å². The second kappa shape index (κ2) is 5.61. The molecule has 0 unspecified atom stereocenters. The summed E-state index contributed by atoms with van der Waals surface area (Å²) in [5, 5.41) is 5.70. The van der Waals surface area contributed by atoms with Crippen molar-refractivity contribution in [3.05, 3.63) is 35.0 Å². The Kier molecular flexibility index (Phi) is 3.84. The summed E-state index contributed by atoms with van der Waals surface area (Å²) in [6, 6.07) is 6.70. The van der Waals surface area contributed by atoms with Gasteiger partial charge in [-0.05, 0) is 49.4 Å². The minimum atomic E-state index is 0.574. The Hall–Kier alpha value is -1.28. The molecule has 3 heteroatoms. The summed E-state index contributed by atoms with van der Waals surface area (Å²) in [6.45, 7) is 4.38. The maximum Gasteiger partial charge on any atom is 0.0766 e. The van der Waals surface area contributed by atoms with Gasteiger partial charge in [-0.1, -0.05) is 31.4 Å². The number of fused-ring (bicyclic) bond motifs is 1. The molecule has 0 spiro atoms. The molecule has 20 heavy (non-hydrogen) atoms. The number of hydrogen-bond donors (Lipinski definition) is 1. The number of anilines is 1. The topological polar surface area (TPSA) is 24.9 Å². The highest BCUT2D eigenvalue weighted by Crippen LogP contribution is 2.32. The Morgan fingerprint density at radius 1 is 1.20 bits per heavy atom. The highest BCUT2D eigenvalue weighted by molar-refractivity contribution is 6.32. The maximum absolute atomic E-state index is 6.19. The molecule has 1 aliphatic carbocycles. The SMILES string of the molecule is Cc1c(Cl)ccc2c(N[C@@H]3CCCC[C@@H]3C)ccnc12. The van der Waals surface area contributed by atoms with E-state index in [-0.39, 0.29) is 0 Å². The van der Waals surface area contributed by atoms with Crippen molar-refractivity contribution >= 4 is 28.2 Å². The number of aryl methyl sites for hydroxylation is 1. The lowest BCUT2D eigenvalue weighted by molar-refractivity contribution is 0.350. The van der Waals surface area contributed by atoms with Gasteiger partial charge >= 0.3 is 0 Å². The van der Waals surface area contributed by atoms with Gasteiger partial charge in [0.25, 0.3) is 0 Å². The van der Waals surface area contributed by atoms with E-state index >= 15 is 0 Å². The van der Waals surface area contributed by atoms with Crippen LogP contribution in [0.25, 0.3) is 10.9 Å². The van der Waals surface area contributed by atoms with Crippen LogP contribution in [0.4, 0.5) is 5.69 Å². The molecule has 0 saturated heterocycles. The number of rotatable bonds is 2. The highest BCUT2D eigenvalue weighted by Gasteiger charge is 2.21. The highest BCUT2D eigenvalue weighted by atomic mass is 35.5. The van der Waals surface area contributed by atoms with Gasteiger partial charge < -0.3 is 5.32 Å². The Labute approximate surface area is 125 Å². The number of benzene rings is 1. The Morgan fingerprint density at radius 2 is 2.00 bits per heavy atom. The second-order valence-electron chi connectivity index (χ2n) is 5.94. The van der Waals surface area contributed by atoms with Gasteiger partial charge in [-0.25, -0.2) is 0 Å². The molecule has 1 heterocycles. The first-order valence-electron chi connectivity index (χ1n) is 7.47. The molecule has 2 aromatic rings. The van der Waals surface area contributed by atoms with Crippen molar-refractivity contribution in [2.24, 2.45) is 5.92 Å². The molecule has 3 rings (SSSR count). The summed E-state index contributed by atoms with van der Waals surface area (Å²) in [6.07, 6.45) is 7.16. The van der Waals surface area contributed by atoms with Crippen molar-refractivity contribution in [2.45, 2.75) is 45.6 Å². The fourth-order valence-electron chi connectivity index (χ4n) is 3.19. The van der Waals surface area contributed by atoms with E-state index in [4.69, 9.17) is 11.6 Å². The van der Waals surface area contributed by atoms with E-state index in [1.807, 2.05) is 19.2 Å². The Balaban J connectivity index is 1.97. The van der Waals surface area contributed by atoms with Gasteiger partial charge in [-0.15, -0.1) is 0 Å².